The van der Waals surface area contributed by atoms with E-state index in [1.165, 1.54) is 18.2 Å². The molecule has 0 spiro atoms. The number of hydrogen-bond donors (Lipinski definition) is 2. The van der Waals surface area contributed by atoms with Crippen molar-refractivity contribution in [2.24, 2.45) is 0 Å². The number of amides is 2. The third-order valence-electron chi connectivity index (χ3n) is 2.89. The Bertz CT molecular complexity index is 719. The molecule has 0 fully saturated rings. The van der Waals surface area contributed by atoms with E-state index < -0.39 is 17.6 Å². The fraction of sp³-hybridized carbons (Fsp3) is 0.125. The maximum absolute atomic E-state index is 13.0. The summed E-state index contributed by atoms with van der Waals surface area (Å²) in [6.07, 6.45) is -0.363. The molecule has 0 aromatic heterocycles. The van der Waals surface area contributed by atoms with Crippen LogP contribution in [-0.2, 0) is 9.59 Å². The highest BCUT2D eigenvalue weighted by Gasteiger charge is 2.11. The highest BCUT2D eigenvalue weighted by atomic mass is 35.5. The smallest absolute Gasteiger partial charge is 0.233 e. The van der Waals surface area contributed by atoms with Crippen molar-refractivity contribution < 1.29 is 14.0 Å². The van der Waals surface area contributed by atoms with Gasteiger partial charge in [-0.3, -0.25) is 9.59 Å². The van der Waals surface area contributed by atoms with Crippen LogP contribution in [0.5, 0.6) is 0 Å². The lowest BCUT2D eigenvalue weighted by atomic mass is 10.2. The van der Waals surface area contributed by atoms with Gasteiger partial charge in [0.05, 0.1) is 0 Å². The normalized spacial score (nSPS) is 10.1. The second-order valence-corrected chi connectivity index (χ2v) is 5.18. The molecule has 0 aliphatic rings. The maximum atomic E-state index is 13.0. The van der Waals surface area contributed by atoms with Gasteiger partial charge in [-0.1, -0.05) is 17.7 Å². The van der Waals surface area contributed by atoms with Crippen molar-refractivity contribution in [1.29, 1.82) is 0 Å². The van der Waals surface area contributed by atoms with E-state index in [4.69, 9.17) is 11.6 Å². The van der Waals surface area contributed by atoms with Gasteiger partial charge in [0, 0.05) is 16.4 Å². The van der Waals surface area contributed by atoms with E-state index in [2.05, 4.69) is 10.6 Å². The van der Waals surface area contributed by atoms with Crippen molar-refractivity contribution in [2.45, 2.75) is 13.3 Å². The first-order chi connectivity index (χ1) is 10.4. The van der Waals surface area contributed by atoms with Crippen LogP contribution in [0.15, 0.2) is 42.5 Å². The zero-order valence-corrected chi connectivity index (χ0v) is 12.6. The van der Waals surface area contributed by atoms with Gasteiger partial charge in [0.15, 0.2) is 0 Å². The molecule has 0 heterocycles. The predicted molar refractivity (Wildman–Crippen MR) is 84.5 cm³/mol. The van der Waals surface area contributed by atoms with Crippen LogP contribution < -0.4 is 10.6 Å². The van der Waals surface area contributed by atoms with Crippen LogP contribution in [0.2, 0.25) is 5.02 Å². The molecule has 22 heavy (non-hydrogen) atoms. The molecule has 2 N–H and O–H groups in total. The van der Waals surface area contributed by atoms with E-state index >= 15 is 0 Å². The van der Waals surface area contributed by atoms with E-state index in [1.54, 1.807) is 31.2 Å². The summed E-state index contributed by atoms with van der Waals surface area (Å²) in [4.78, 5) is 23.6. The van der Waals surface area contributed by atoms with Crippen LogP contribution in [0, 0.1) is 12.7 Å². The van der Waals surface area contributed by atoms with Crippen LogP contribution in [0.1, 0.15) is 12.0 Å². The van der Waals surface area contributed by atoms with E-state index in [0.29, 0.717) is 16.4 Å². The Hall–Kier alpha value is -2.40. The van der Waals surface area contributed by atoms with Crippen molar-refractivity contribution in [1.82, 2.24) is 0 Å². The standard InChI is InChI=1S/C16H14ClFN2O2/c1-10-7-11(17)5-6-14(10)20-16(22)9-15(21)19-13-4-2-3-12(18)8-13/h2-8H,9H2,1H3,(H,19,21)(H,20,22). The number of anilines is 2. The Morgan fingerprint density at radius 3 is 2.50 bits per heavy atom. The van der Waals surface area contributed by atoms with Gasteiger partial charge < -0.3 is 10.6 Å². The Morgan fingerprint density at radius 2 is 1.82 bits per heavy atom. The summed E-state index contributed by atoms with van der Waals surface area (Å²) in [7, 11) is 0. The molecule has 0 radical (unpaired) electrons. The van der Waals surface area contributed by atoms with Crippen LogP contribution >= 0.6 is 11.6 Å². The fourth-order valence-corrected chi connectivity index (χ4v) is 2.11. The largest absolute Gasteiger partial charge is 0.326 e. The monoisotopic (exact) mass is 320 g/mol. The highest BCUT2D eigenvalue weighted by molar-refractivity contribution is 6.30. The number of aryl methyl sites for hydroxylation is 1. The van der Waals surface area contributed by atoms with E-state index in [-0.39, 0.29) is 6.42 Å². The predicted octanol–water partition coefficient (Wildman–Crippen LogP) is 3.75. The summed E-state index contributed by atoms with van der Waals surface area (Å²) in [5.74, 6) is -1.44. The molecule has 2 aromatic rings. The van der Waals surface area contributed by atoms with Crippen molar-refractivity contribution in [3.63, 3.8) is 0 Å². The molecular formula is C16H14ClFN2O2. The lowest BCUT2D eigenvalue weighted by Gasteiger charge is -2.09. The molecule has 0 unspecified atom stereocenters. The Morgan fingerprint density at radius 1 is 1.09 bits per heavy atom. The first-order valence-corrected chi connectivity index (χ1v) is 6.93. The zero-order chi connectivity index (χ0) is 16.1. The third-order valence-corrected chi connectivity index (χ3v) is 3.13. The lowest BCUT2D eigenvalue weighted by molar-refractivity contribution is -0.123. The molecule has 2 amide bonds. The summed E-state index contributed by atoms with van der Waals surface area (Å²) in [5, 5.41) is 5.66. The molecule has 0 aliphatic carbocycles. The summed E-state index contributed by atoms with van der Waals surface area (Å²) in [6, 6.07) is 10.5. The lowest BCUT2D eigenvalue weighted by Crippen LogP contribution is -2.21. The molecule has 6 heteroatoms. The second kappa shape index (κ2) is 7.04. The van der Waals surface area contributed by atoms with Gasteiger partial charge in [-0.15, -0.1) is 0 Å². The van der Waals surface area contributed by atoms with Crippen LogP contribution in [0.4, 0.5) is 15.8 Å². The van der Waals surface area contributed by atoms with Crippen LogP contribution in [0.25, 0.3) is 0 Å². The van der Waals surface area contributed by atoms with Gasteiger partial charge in [0.1, 0.15) is 12.2 Å². The van der Waals surface area contributed by atoms with Gasteiger partial charge in [0.2, 0.25) is 11.8 Å². The summed E-state index contributed by atoms with van der Waals surface area (Å²) in [5.41, 5.74) is 1.69. The van der Waals surface area contributed by atoms with Crippen molar-refractivity contribution in [3.8, 4) is 0 Å². The fourth-order valence-electron chi connectivity index (χ4n) is 1.88. The van der Waals surface area contributed by atoms with E-state index in [9.17, 15) is 14.0 Å². The second-order valence-electron chi connectivity index (χ2n) is 4.74. The maximum Gasteiger partial charge on any atom is 0.233 e. The van der Waals surface area contributed by atoms with E-state index in [0.717, 1.165) is 5.56 Å². The van der Waals surface area contributed by atoms with Gasteiger partial charge in [-0.25, -0.2) is 4.39 Å². The Balaban J connectivity index is 1.92. The van der Waals surface area contributed by atoms with Crippen molar-refractivity contribution in [3.05, 3.63) is 58.9 Å². The molecule has 4 nitrogen and oxygen atoms in total. The topological polar surface area (TPSA) is 58.2 Å². The molecule has 0 saturated heterocycles. The molecule has 0 bridgehead atoms. The third kappa shape index (κ3) is 4.56. The summed E-state index contributed by atoms with van der Waals surface area (Å²) < 4.78 is 13.0. The minimum atomic E-state index is -0.519. The first-order valence-electron chi connectivity index (χ1n) is 6.55. The van der Waals surface area contributed by atoms with Crippen molar-refractivity contribution >= 4 is 34.8 Å². The van der Waals surface area contributed by atoms with Crippen LogP contribution in [0.3, 0.4) is 0 Å². The number of hydrogen-bond acceptors (Lipinski definition) is 2. The molecule has 0 aliphatic heterocycles. The molecule has 0 atom stereocenters. The molecule has 0 saturated carbocycles. The molecule has 2 rings (SSSR count). The zero-order valence-electron chi connectivity index (χ0n) is 11.8. The van der Waals surface area contributed by atoms with Crippen LogP contribution in [-0.4, -0.2) is 11.8 Å². The number of halogens is 2. The Labute approximate surface area is 132 Å². The van der Waals surface area contributed by atoms with Crippen molar-refractivity contribution in [2.75, 3.05) is 10.6 Å². The number of carbonyl (C=O) groups excluding carboxylic acids is 2. The first kappa shape index (κ1) is 16.0. The molecule has 114 valence electrons. The minimum absolute atomic E-state index is 0.306. The number of nitrogens with one attached hydrogen (secondary N) is 2. The minimum Gasteiger partial charge on any atom is -0.326 e. The number of rotatable bonds is 4. The average Bonchev–Trinajstić information content (AvgIpc) is 2.41. The molecular weight excluding hydrogens is 307 g/mol. The SMILES string of the molecule is Cc1cc(Cl)ccc1NC(=O)CC(=O)Nc1cccc(F)c1. The highest BCUT2D eigenvalue weighted by Crippen LogP contribution is 2.19. The van der Waals surface area contributed by atoms with Gasteiger partial charge in [-0.05, 0) is 48.9 Å². The van der Waals surface area contributed by atoms with Gasteiger partial charge in [-0.2, -0.15) is 0 Å². The summed E-state index contributed by atoms with van der Waals surface area (Å²) in [6.45, 7) is 1.80. The Kier molecular flexibility index (Phi) is 5.12. The van der Waals surface area contributed by atoms with E-state index in [1.807, 2.05) is 0 Å². The molecule has 2 aromatic carbocycles. The summed E-state index contributed by atoms with van der Waals surface area (Å²) >= 11 is 5.83. The van der Waals surface area contributed by atoms with Gasteiger partial charge in [0.25, 0.3) is 0 Å². The number of benzene rings is 2. The average molecular weight is 321 g/mol. The quantitative estimate of drug-likeness (QED) is 0.843. The van der Waals surface area contributed by atoms with Gasteiger partial charge >= 0.3 is 0 Å². The number of carbonyl (C=O) groups is 2.